The first kappa shape index (κ1) is 86.2. The molecule has 1 aliphatic rings. The van der Waals surface area contributed by atoms with Crippen LogP contribution in [-0.2, 0) is 73.4 Å². The number of hydrogen-bond donors (Lipinski definition) is 19. The molecule has 2 aromatic rings. The van der Waals surface area contributed by atoms with E-state index in [4.69, 9.17) is 26.4 Å². The van der Waals surface area contributed by atoms with E-state index in [1.165, 1.54) is 44.2 Å². The molecule has 0 saturated carbocycles. The molecule has 562 valence electrons. The van der Waals surface area contributed by atoms with Gasteiger partial charge in [-0.1, -0.05) is 120 Å². The second-order valence-electron chi connectivity index (χ2n) is 26.9. The zero-order valence-corrected chi connectivity index (χ0v) is 60.5. The Morgan fingerprint density at radius 3 is 1.82 bits per heavy atom. The largest absolute Gasteiger partial charge is 0.453 e. The van der Waals surface area contributed by atoms with Gasteiger partial charge in [-0.15, -0.1) is 0 Å². The van der Waals surface area contributed by atoms with Gasteiger partial charge in [-0.25, -0.2) is 9.59 Å². The summed E-state index contributed by atoms with van der Waals surface area (Å²) in [5, 5.41) is 81.3. The van der Waals surface area contributed by atoms with E-state index in [1.807, 2.05) is 10.6 Å². The molecule has 101 heavy (non-hydrogen) atoms. The Balaban J connectivity index is 2.45. The van der Waals surface area contributed by atoms with Gasteiger partial charge in [-0.3, -0.25) is 58.1 Å². The lowest BCUT2D eigenvalue weighted by molar-refractivity contribution is -0.159. The van der Waals surface area contributed by atoms with E-state index in [2.05, 4.69) is 69.1 Å². The fourth-order valence-electron chi connectivity index (χ4n) is 10.2. The molecule has 0 radical (unpaired) electrons. The van der Waals surface area contributed by atoms with Gasteiger partial charge in [0.1, 0.15) is 60.0 Å². The van der Waals surface area contributed by atoms with Crippen LogP contribution in [-0.4, -0.2) is 207 Å². The summed E-state index contributed by atoms with van der Waals surface area (Å²) in [4.78, 5) is 186. The number of cyclic esters (lactones) is 1. The maximum absolute atomic E-state index is 15.6. The number of esters is 1. The summed E-state index contributed by atoms with van der Waals surface area (Å²) in [7, 11) is 0. The number of amides is 12. The number of primary amides is 1. The number of rotatable bonds is 24. The summed E-state index contributed by atoms with van der Waals surface area (Å²) in [5.41, 5.74) is 10.3. The molecule has 12 amide bonds. The molecule has 0 spiro atoms. The van der Waals surface area contributed by atoms with Gasteiger partial charge in [-0.2, -0.15) is 0 Å². The number of guanidine groups is 1. The Morgan fingerprint density at radius 2 is 1.27 bits per heavy atom. The van der Waals surface area contributed by atoms with Crippen LogP contribution < -0.4 is 75.3 Å². The average molecular weight is 1490 g/mol. The highest BCUT2D eigenvalue weighted by Gasteiger charge is 2.44. The number of aliphatic hydroxyl groups excluding tert-OH is 4. The summed E-state index contributed by atoms with van der Waals surface area (Å²) >= 11 is 3.41. The molecule has 0 bridgehead atoms. The van der Waals surface area contributed by atoms with Gasteiger partial charge in [0, 0.05) is 17.4 Å². The first-order valence-electron chi connectivity index (χ1n) is 33.2. The van der Waals surface area contributed by atoms with Crippen molar-refractivity contribution in [3.8, 4) is 0 Å². The van der Waals surface area contributed by atoms with Crippen molar-refractivity contribution in [1.82, 2.24) is 63.8 Å². The van der Waals surface area contributed by atoms with Crippen molar-refractivity contribution in [2.45, 2.75) is 212 Å². The van der Waals surface area contributed by atoms with Gasteiger partial charge < -0.3 is 105 Å². The molecule has 0 aromatic heterocycles. The van der Waals surface area contributed by atoms with Crippen LogP contribution in [0.25, 0.3) is 0 Å². The molecule has 3 rings (SSSR count). The number of aliphatic hydroxyl groups is 4. The molecule has 1 saturated heterocycles. The predicted octanol–water partition coefficient (Wildman–Crippen LogP) is -2.70. The van der Waals surface area contributed by atoms with E-state index in [0.29, 0.717) is 10.0 Å². The number of carbonyl (C=O) groups is 13. The van der Waals surface area contributed by atoms with Crippen LogP contribution >= 0.6 is 15.9 Å². The summed E-state index contributed by atoms with van der Waals surface area (Å²) in [5.74, 6) is -18.1. The van der Waals surface area contributed by atoms with Crippen molar-refractivity contribution in [2.24, 2.45) is 35.1 Å². The molecule has 1 aliphatic heterocycles. The van der Waals surface area contributed by atoms with Crippen molar-refractivity contribution in [1.29, 1.82) is 5.41 Å². The van der Waals surface area contributed by atoms with Crippen LogP contribution in [0.15, 0.2) is 59.1 Å². The lowest BCUT2D eigenvalue weighted by Gasteiger charge is -2.34. The number of nitrogens with two attached hydrogens (primary N) is 2. The van der Waals surface area contributed by atoms with Crippen molar-refractivity contribution < 1.29 is 92.2 Å². The number of halogens is 1. The maximum Gasteiger partial charge on any atom is 0.408 e. The van der Waals surface area contributed by atoms with Crippen LogP contribution in [0.1, 0.15) is 132 Å². The van der Waals surface area contributed by atoms with E-state index in [0.717, 1.165) is 6.92 Å². The summed E-state index contributed by atoms with van der Waals surface area (Å²) in [6, 6.07) is -4.97. The standard InChI is InChI=1S/C66H102BrN15O19/c1-13-34(8)45-59(94)80-46(35(9)84)58(93)72-29-44(85)78-48(51(87)53(68)88)61(96)76-43(30-83)63(98)100-52(37-20-15-14-16-21-37)49(82-57(92)41(26-32(4)5)74-56(91)42(77-65(99)101-66(10,11)12)28-36-19-17-22-38(67)27-36)62(97)81-47(50(86)33(6)7)60(95)75-40(25-31(2)3)55(90)73-39(54(89)79-45)23-18-24-71-64(69)70/h14-17,19-22,27,31-35,39-43,45-52,83-84,86-87H,13,18,23-26,28-30H2,1-12H3,(H2,68,88)(H,72,93)(H,73,90)(H,74,91)(H,75,95)(H,76,96)(H,77,99)(H,78,85)(H,79,89)(H,80,94)(H,81,97)(H,82,92)(H4,69,70,71)/t34-,35-,39+,40-,41-,42+,43-,45?,46-,47-,48-,49-,50+,51-,52+/m0/s1. The third-order valence-corrected chi connectivity index (χ3v) is 16.3. The Morgan fingerprint density at radius 1 is 0.683 bits per heavy atom. The van der Waals surface area contributed by atoms with E-state index < -0.39 is 210 Å². The molecule has 34 nitrogen and oxygen atoms in total. The van der Waals surface area contributed by atoms with Crippen molar-refractivity contribution >= 4 is 98.9 Å². The third-order valence-electron chi connectivity index (χ3n) is 15.8. The van der Waals surface area contributed by atoms with Gasteiger partial charge in [0.05, 0.1) is 25.4 Å². The van der Waals surface area contributed by atoms with Crippen molar-refractivity contribution in [3.63, 3.8) is 0 Å². The summed E-state index contributed by atoms with van der Waals surface area (Å²) in [6.07, 6.45) is -9.80. The van der Waals surface area contributed by atoms with E-state index in [-0.39, 0.29) is 50.6 Å². The quantitative estimate of drug-likeness (QED) is 0.0220. The Labute approximate surface area is 595 Å². The minimum Gasteiger partial charge on any atom is -0.453 e. The number of benzene rings is 2. The molecule has 0 aliphatic carbocycles. The smallest absolute Gasteiger partial charge is 0.408 e. The molecular formula is C66H102BrN15O19. The second kappa shape index (κ2) is 41.0. The topological polar surface area (TPSA) is 542 Å². The van der Waals surface area contributed by atoms with Crippen LogP contribution in [0.5, 0.6) is 0 Å². The lowest BCUT2D eigenvalue weighted by Crippen LogP contribution is -2.64. The molecule has 21 N–H and O–H groups in total. The monoisotopic (exact) mass is 1490 g/mol. The van der Waals surface area contributed by atoms with Crippen molar-refractivity contribution in [2.75, 3.05) is 19.7 Å². The van der Waals surface area contributed by atoms with Gasteiger partial charge in [0.2, 0.25) is 65.0 Å². The Hall–Kier alpha value is -9.06. The number of ether oxygens (including phenoxy) is 2. The molecular weight excluding hydrogens is 1390 g/mol. The molecule has 15 atom stereocenters. The van der Waals surface area contributed by atoms with E-state index in [1.54, 1.807) is 86.6 Å². The average Bonchev–Trinajstić information content (AvgIpc) is 0.816. The number of carbonyl (C=O) groups excluding carboxylic acids is 13. The zero-order chi connectivity index (χ0) is 76.3. The number of hydrogen-bond acceptors (Lipinski definition) is 20. The lowest BCUT2D eigenvalue weighted by atomic mass is 9.95. The number of nitrogens with one attached hydrogen (secondary N) is 13. The highest BCUT2D eigenvalue weighted by molar-refractivity contribution is 9.10. The van der Waals surface area contributed by atoms with E-state index >= 15 is 14.4 Å². The van der Waals surface area contributed by atoms with Gasteiger partial charge >= 0.3 is 12.1 Å². The molecule has 2 aromatic carbocycles. The fraction of sp³-hybridized carbons (Fsp3) is 0.606. The minimum atomic E-state index is -2.61. The molecule has 1 fully saturated rings. The Kier molecular flexibility index (Phi) is 35.0. The first-order chi connectivity index (χ1) is 47.2. The fourth-order valence-corrected chi connectivity index (χ4v) is 10.7. The normalized spacial score (nSPS) is 23.3. The zero-order valence-electron chi connectivity index (χ0n) is 58.9. The molecule has 1 unspecified atom stereocenters. The molecule has 1 heterocycles. The third kappa shape index (κ3) is 28.8. The van der Waals surface area contributed by atoms with Crippen LogP contribution in [0.3, 0.4) is 0 Å². The van der Waals surface area contributed by atoms with E-state index in [9.17, 15) is 68.4 Å². The predicted molar refractivity (Wildman–Crippen MR) is 369 cm³/mol. The summed E-state index contributed by atoms with van der Waals surface area (Å²) < 4.78 is 12.1. The molecule has 35 heteroatoms. The number of alkyl carbamates (subject to hydrolysis) is 1. The SMILES string of the molecule is CC[C@H](C)C1NC(=O)[C@@H](CCCNC(=N)N)NC(=O)[C@H](CC(C)C)NC(=O)[C@H]([C@H](O)C(C)C)NC(=O)[C@@H](NC(=O)[C@H](CC(C)C)NC(=O)[C@@H](Cc2cccc(Br)c2)NC(=O)OC(C)(C)C)[C@@H](c2ccccc2)OC(=O)[C@H](CO)NC(=O)[C@H]([C@H](O)C(N)=O)NC(=O)CNC(=O)[C@H]([C@H](C)O)NC1=O. The Bertz CT molecular complexity index is 3210. The van der Waals surface area contributed by atoms with Crippen molar-refractivity contribution in [3.05, 3.63) is 70.2 Å². The second-order valence-corrected chi connectivity index (χ2v) is 27.8. The van der Waals surface area contributed by atoms with Gasteiger partial charge in [0.15, 0.2) is 24.2 Å². The van der Waals surface area contributed by atoms with Crippen LogP contribution in [0, 0.1) is 29.1 Å². The van der Waals surface area contributed by atoms with Gasteiger partial charge in [0.25, 0.3) is 0 Å². The summed E-state index contributed by atoms with van der Waals surface area (Å²) in [6.45, 7) is 16.3. The van der Waals surface area contributed by atoms with Crippen LogP contribution in [0.4, 0.5) is 4.79 Å². The maximum atomic E-state index is 15.6. The van der Waals surface area contributed by atoms with Crippen LogP contribution in [0.2, 0.25) is 0 Å². The van der Waals surface area contributed by atoms with Gasteiger partial charge in [-0.05, 0) is 100 Å². The highest BCUT2D eigenvalue weighted by Crippen LogP contribution is 2.25. The highest BCUT2D eigenvalue weighted by atomic mass is 79.9. The minimum absolute atomic E-state index is 0.00448. The first-order valence-corrected chi connectivity index (χ1v) is 34.0.